The summed E-state index contributed by atoms with van der Waals surface area (Å²) >= 11 is -0.687. The van der Waals surface area contributed by atoms with E-state index in [4.69, 9.17) is 8.92 Å². The van der Waals surface area contributed by atoms with Crippen molar-refractivity contribution in [3.63, 3.8) is 0 Å². The first-order valence-corrected chi connectivity index (χ1v) is 12.3. The lowest BCUT2D eigenvalue weighted by molar-refractivity contribution is -0.118. The predicted octanol–water partition coefficient (Wildman–Crippen LogP) is 2.28. The molecule has 3 rings (SSSR count). The molecule has 0 aliphatic heterocycles. The summed E-state index contributed by atoms with van der Waals surface area (Å²) in [5.74, 6) is -0.600. The number of benzene rings is 2. The second-order valence-electron chi connectivity index (χ2n) is 7.03. The van der Waals surface area contributed by atoms with Crippen molar-refractivity contribution in [2.75, 3.05) is 32.1 Å². The molecule has 1 amide bonds. The van der Waals surface area contributed by atoms with E-state index < -0.39 is 11.1 Å². The number of thiazole rings is 1. The molecule has 0 radical (unpaired) electrons. The minimum Gasteiger partial charge on any atom is -0.506 e. The summed E-state index contributed by atoms with van der Waals surface area (Å²) in [6, 6.07) is 13.3. The number of hydrogen-bond donors (Lipinski definition) is 3. The smallest absolute Gasteiger partial charge is 0.305 e. The minimum atomic E-state index is -1.70. The Hall–Kier alpha value is -2.53. The Morgan fingerprint density at radius 3 is 2.72 bits per heavy atom. The van der Waals surface area contributed by atoms with Crippen LogP contribution < -0.4 is 10.2 Å². The molecule has 1 atom stereocenters. The third kappa shape index (κ3) is 7.56. The third-order valence-corrected chi connectivity index (χ3v) is 6.52. The van der Waals surface area contributed by atoms with E-state index in [-0.39, 0.29) is 28.9 Å². The van der Waals surface area contributed by atoms with Crippen molar-refractivity contribution in [2.24, 2.45) is 0 Å². The fourth-order valence-electron chi connectivity index (χ4n) is 3.06. The molecule has 0 spiro atoms. The highest BCUT2D eigenvalue weighted by Gasteiger charge is 2.11. The number of aromatic amines is 1. The Balaban J connectivity index is 1.26. The Morgan fingerprint density at radius 1 is 1.09 bits per heavy atom. The van der Waals surface area contributed by atoms with Gasteiger partial charge in [0.2, 0.25) is 5.91 Å². The highest BCUT2D eigenvalue weighted by Crippen LogP contribution is 2.27. The van der Waals surface area contributed by atoms with Crippen molar-refractivity contribution < 1.29 is 23.0 Å². The first-order chi connectivity index (χ1) is 15.5. The number of hydrogen-bond acceptors (Lipinski definition) is 7. The molecule has 0 aliphatic rings. The largest absolute Gasteiger partial charge is 0.506 e. The Labute approximate surface area is 192 Å². The Morgan fingerprint density at radius 2 is 1.91 bits per heavy atom. The maximum Gasteiger partial charge on any atom is 0.305 e. The van der Waals surface area contributed by atoms with Gasteiger partial charge >= 0.3 is 4.87 Å². The molecule has 8 nitrogen and oxygen atoms in total. The van der Waals surface area contributed by atoms with Crippen molar-refractivity contribution in [3.05, 3.63) is 63.3 Å². The highest BCUT2D eigenvalue weighted by molar-refractivity contribution is 7.80. The lowest BCUT2D eigenvalue weighted by Gasteiger charge is -2.07. The van der Waals surface area contributed by atoms with Crippen LogP contribution >= 0.6 is 11.3 Å². The molecular formula is C22H26N2O6S2. The topological polar surface area (TPSA) is 118 Å². The van der Waals surface area contributed by atoms with Crippen LogP contribution in [0.2, 0.25) is 0 Å². The molecular weight excluding hydrogens is 452 g/mol. The SMILES string of the molecule is O=C(CS(=O)OCCCOCCc1ccccc1)NCCc1ccc(O)c2[nH]c(=O)sc12. The van der Waals surface area contributed by atoms with E-state index >= 15 is 0 Å². The van der Waals surface area contributed by atoms with Crippen LogP contribution in [0.15, 0.2) is 47.3 Å². The van der Waals surface area contributed by atoms with Gasteiger partial charge in [-0.05, 0) is 36.5 Å². The Bertz CT molecular complexity index is 1100. The molecule has 32 heavy (non-hydrogen) atoms. The van der Waals surface area contributed by atoms with Gasteiger partial charge in [0, 0.05) is 13.2 Å². The number of phenolic OH excluding ortho intramolecular Hbond substituents is 1. The standard InChI is InChI=1S/C22H26N2O6S2/c25-18-8-7-17(21-20(18)24-22(27)31-21)9-11-23-19(26)15-32(28)30-13-4-12-29-14-10-16-5-2-1-3-6-16/h1-3,5-8,25H,4,9-15H2,(H,23,26)(H,24,27). The van der Waals surface area contributed by atoms with Crippen LogP contribution in [-0.4, -0.2) is 52.3 Å². The van der Waals surface area contributed by atoms with Gasteiger partial charge < -0.3 is 20.1 Å². The first-order valence-electron chi connectivity index (χ1n) is 10.3. The molecule has 2 aromatic carbocycles. The number of carbonyl (C=O) groups excluding carboxylic acids is 1. The van der Waals surface area contributed by atoms with E-state index in [0.29, 0.717) is 42.8 Å². The summed E-state index contributed by atoms with van der Waals surface area (Å²) < 4.78 is 23.3. The number of fused-ring (bicyclic) bond motifs is 1. The number of amides is 1. The quantitative estimate of drug-likeness (QED) is 0.325. The van der Waals surface area contributed by atoms with Crippen molar-refractivity contribution in [3.8, 4) is 5.75 Å². The number of rotatable bonds is 13. The number of ether oxygens (including phenoxy) is 1. The summed E-state index contributed by atoms with van der Waals surface area (Å²) in [4.78, 5) is 25.9. The number of nitrogens with one attached hydrogen (secondary N) is 2. The summed E-state index contributed by atoms with van der Waals surface area (Å²) in [6.07, 6.45) is 1.91. The predicted molar refractivity (Wildman–Crippen MR) is 125 cm³/mol. The molecule has 1 aromatic heterocycles. The van der Waals surface area contributed by atoms with E-state index in [0.717, 1.165) is 23.3 Å². The molecule has 3 aromatic rings. The summed E-state index contributed by atoms with van der Waals surface area (Å²) in [7, 11) is 0. The van der Waals surface area contributed by atoms with Crippen LogP contribution in [-0.2, 0) is 37.6 Å². The number of aromatic nitrogens is 1. The van der Waals surface area contributed by atoms with E-state index in [2.05, 4.69) is 22.4 Å². The van der Waals surface area contributed by atoms with Crippen molar-refractivity contribution in [1.82, 2.24) is 10.3 Å². The van der Waals surface area contributed by atoms with Crippen molar-refractivity contribution >= 4 is 38.5 Å². The van der Waals surface area contributed by atoms with E-state index in [9.17, 15) is 18.9 Å². The lowest BCUT2D eigenvalue weighted by atomic mass is 10.1. The van der Waals surface area contributed by atoms with Gasteiger partial charge in [-0.3, -0.25) is 13.8 Å². The molecule has 0 saturated carbocycles. The number of carbonyl (C=O) groups is 1. The molecule has 1 unspecified atom stereocenters. The van der Waals surface area contributed by atoms with Crippen LogP contribution in [0.1, 0.15) is 17.5 Å². The fraction of sp³-hybridized carbons (Fsp3) is 0.364. The van der Waals surface area contributed by atoms with Crippen molar-refractivity contribution in [2.45, 2.75) is 19.3 Å². The second kappa shape index (κ2) is 12.5. The number of phenols is 1. The molecule has 0 fully saturated rings. The molecule has 10 heteroatoms. The fourth-order valence-corrected chi connectivity index (χ4v) is 4.66. The van der Waals surface area contributed by atoms with Gasteiger partial charge in [0.1, 0.15) is 17.0 Å². The van der Waals surface area contributed by atoms with Gasteiger partial charge in [-0.25, -0.2) is 4.21 Å². The molecule has 1 heterocycles. The zero-order valence-corrected chi connectivity index (χ0v) is 19.1. The van der Waals surface area contributed by atoms with E-state index in [1.165, 1.54) is 11.6 Å². The van der Waals surface area contributed by atoms with Crippen LogP contribution in [0.5, 0.6) is 5.75 Å². The average Bonchev–Trinajstić information content (AvgIpc) is 3.18. The number of aromatic hydroxyl groups is 1. The maximum atomic E-state index is 12.0. The van der Waals surface area contributed by atoms with Gasteiger partial charge in [-0.1, -0.05) is 47.7 Å². The summed E-state index contributed by atoms with van der Waals surface area (Å²) in [6.45, 7) is 1.69. The molecule has 0 aliphatic carbocycles. The summed E-state index contributed by atoms with van der Waals surface area (Å²) in [5, 5.41) is 12.5. The van der Waals surface area contributed by atoms with Crippen LogP contribution in [0.25, 0.3) is 10.2 Å². The normalized spacial score (nSPS) is 12.1. The van der Waals surface area contributed by atoms with Gasteiger partial charge in [-0.15, -0.1) is 0 Å². The van der Waals surface area contributed by atoms with Crippen molar-refractivity contribution in [1.29, 1.82) is 0 Å². The van der Waals surface area contributed by atoms with Gasteiger partial charge in [-0.2, -0.15) is 0 Å². The molecule has 3 N–H and O–H groups in total. The van der Waals surface area contributed by atoms with Gasteiger partial charge in [0.25, 0.3) is 0 Å². The van der Waals surface area contributed by atoms with E-state index in [1.54, 1.807) is 6.07 Å². The van der Waals surface area contributed by atoms with Gasteiger partial charge in [0.15, 0.2) is 11.1 Å². The molecule has 0 saturated heterocycles. The third-order valence-electron chi connectivity index (χ3n) is 4.63. The van der Waals surface area contributed by atoms with E-state index in [1.807, 2.05) is 18.2 Å². The first kappa shape index (κ1) is 24.1. The molecule has 172 valence electrons. The van der Waals surface area contributed by atoms with Crippen LogP contribution in [0.3, 0.4) is 0 Å². The minimum absolute atomic E-state index is 0.0141. The Kier molecular flexibility index (Phi) is 9.42. The summed E-state index contributed by atoms with van der Waals surface area (Å²) in [5.41, 5.74) is 2.46. The zero-order chi connectivity index (χ0) is 22.8. The zero-order valence-electron chi connectivity index (χ0n) is 17.5. The maximum absolute atomic E-state index is 12.0. The van der Waals surface area contributed by atoms with Crippen LogP contribution in [0, 0.1) is 0 Å². The lowest BCUT2D eigenvalue weighted by Crippen LogP contribution is -2.30. The van der Waals surface area contributed by atoms with Crippen LogP contribution in [0.4, 0.5) is 0 Å². The monoisotopic (exact) mass is 478 g/mol. The average molecular weight is 479 g/mol. The number of H-pyrrole nitrogens is 1. The van der Waals surface area contributed by atoms with Gasteiger partial charge in [0.05, 0.1) is 17.9 Å². The second-order valence-corrected chi connectivity index (χ2v) is 9.15. The highest BCUT2D eigenvalue weighted by atomic mass is 32.2. The molecule has 0 bridgehead atoms.